The number of esters is 2. The lowest BCUT2D eigenvalue weighted by Gasteiger charge is -2.09. The molecule has 0 radical (unpaired) electrons. The third-order valence-corrected chi connectivity index (χ3v) is 3.30. The second-order valence-corrected chi connectivity index (χ2v) is 5.06. The van der Waals surface area contributed by atoms with Crippen molar-refractivity contribution in [3.63, 3.8) is 0 Å². The van der Waals surface area contributed by atoms with Crippen LogP contribution in [0.4, 0.5) is 0 Å². The standard InChI is InChI=1S/C18H16N2O6/c19-15(11-5-1-3-7-13(11)21)17(23)25-9-10-26-18(24)16(20)12-6-2-4-8-14(12)22/h1-8,19-22H,9-10H2. The highest BCUT2D eigenvalue weighted by atomic mass is 16.6. The molecule has 0 atom stereocenters. The van der Waals surface area contributed by atoms with Gasteiger partial charge in [0.15, 0.2) is 11.4 Å². The summed E-state index contributed by atoms with van der Waals surface area (Å²) in [6, 6.07) is 11.7. The Morgan fingerprint density at radius 2 is 1.08 bits per heavy atom. The quantitative estimate of drug-likeness (QED) is 0.337. The molecule has 0 spiro atoms. The van der Waals surface area contributed by atoms with Gasteiger partial charge in [0.2, 0.25) is 0 Å². The van der Waals surface area contributed by atoms with Gasteiger partial charge in [-0.05, 0) is 24.3 Å². The van der Waals surface area contributed by atoms with Crippen molar-refractivity contribution in [2.75, 3.05) is 13.2 Å². The van der Waals surface area contributed by atoms with E-state index in [2.05, 4.69) is 0 Å². The predicted molar refractivity (Wildman–Crippen MR) is 91.8 cm³/mol. The molecular formula is C18H16N2O6. The third-order valence-electron chi connectivity index (χ3n) is 3.30. The van der Waals surface area contributed by atoms with Crippen molar-refractivity contribution < 1.29 is 29.3 Å². The zero-order valence-electron chi connectivity index (χ0n) is 13.6. The van der Waals surface area contributed by atoms with Gasteiger partial charge in [-0.25, -0.2) is 9.59 Å². The lowest BCUT2D eigenvalue weighted by Crippen LogP contribution is -2.23. The molecule has 26 heavy (non-hydrogen) atoms. The molecule has 0 aliphatic heterocycles. The maximum atomic E-state index is 11.8. The SMILES string of the molecule is N=C(C(=O)OCCOC(=O)C(=N)c1ccccc1O)c1ccccc1O. The highest BCUT2D eigenvalue weighted by Crippen LogP contribution is 2.17. The predicted octanol–water partition coefficient (Wildman–Crippen LogP) is 1.62. The van der Waals surface area contributed by atoms with Crippen LogP contribution < -0.4 is 0 Å². The fourth-order valence-corrected chi connectivity index (χ4v) is 2.00. The van der Waals surface area contributed by atoms with E-state index in [0.717, 1.165) is 0 Å². The summed E-state index contributed by atoms with van der Waals surface area (Å²) in [4.78, 5) is 23.5. The van der Waals surface area contributed by atoms with Crippen LogP contribution in [0.25, 0.3) is 0 Å². The van der Waals surface area contributed by atoms with E-state index in [0.29, 0.717) is 0 Å². The first-order valence-corrected chi connectivity index (χ1v) is 7.50. The molecular weight excluding hydrogens is 340 g/mol. The molecule has 0 aliphatic rings. The largest absolute Gasteiger partial charge is 0.507 e. The zero-order valence-corrected chi connectivity index (χ0v) is 13.6. The zero-order chi connectivity index (χ0) is 19.1. The Hall–Kier alpha value is -3.68. The van der Waals surface area contributed by atoms with Gasteiger partial charge in [-0.1, -0.05) is 24.3 Å². The first-order valence-electron chi connectivity index (χ1n) is 7.50. The summed E-state index contributed by atoms with van der Waals surface area (Å²) < 4.78 is 9.60. The number of para-hydroxylation sites is 2. The molecule has 0 aromatic heterocycles. The lowest BCUT2D eigenvalue weighted by atomic mass is 10.1. The summed E-state index contributed by atoms with van der Waals surface area (Å²) in [5, 5.41) is 34.6. The number of benzene rings is 2. The number of phenols is 2. The van der Waals surface area contributed by atoms with Crippen molar-refractivity contribution in [3.05, 3.63) is 59.7 Å². The van der Waals surface area contributed by atoms with Crippen LogP contribution in [0, 0.1) is 10.8 Å². The minimum Gasteiger partial charge on any atom is -0.507 e. The van der Waals surface area contributed by atoms with Gasteiger partial charge < -0.3 is 19.7 Å². The van der Waals surface area contributed by atoms with Gasteiger partial charge in [0.25, 0.3) is 0 Å². The van der Waals surface area contributed by atoms with Gasteiger partial charge in [0.1, 0.15) is 24.7 Å². The fourth-order valence-electron chi connectivity index (χ4n) is 2.00. The monoisotopic (exact) mass is 356 g/mol. The van der Waals surface area contributed by atoms with Crippen LogP contribution >= 0.6 is 0 Å². The Balaban J connectivity index is 1.81. The molecule has 2 aromatic carbocycles. The van der Waals surface area contributed by atoms with Gasteiger partial charge >= 0.3 is 11.9 Å². The number of ether oxygens (including phenoxy) is 2. The Kier molecular flexibility index (Phi) is 6.05. The summed E-state index contributed by atoms with van der Waals surface area (Å²) in [6.45, 7) is -0.650. The average molecular weight is 356 g/mol. The second kappa shape index (κ2) is 8.43. The van der Waals surface area contributed by atoms with E-state index < -0.39 is 23.4 Å². The van der Waals surface area contributed by atoms with Crippen LogP contribution in [-0.2, 0) is 19.1 Å². The van der Waals surface area contributed by atoms with Crippen LogP contribution in [0.5, 0.6) is 11.5 Å². The molecule has 4 N–H and O–H groups in total. The van der Waals surface area contributed by atoms with E-state index in [1.165, 1.54) is 24.3 Å². The van der Waals surface area contributed by atoms with E-state index in [4.69, 9.17) is 20.3 Å². The lowest BCUT2D eigenvalue weighted by molar-refractivity contribution is -0.143. The number of rotatable bonds is 7. The number of carbonyl (C=O) groups excluding carboxylic acids is 2. The minimum atomic E-state index is -0.988. The molecule has 2 aromatic rings. The van der Waals surface area contributed by atoms with Crippen LogP contribution in [0.15, 0.2) is 48.5 Å². The topological polar surface area (TPSA) is 141 Å². The van der Waals surface area contributed by atoms with Crippen molar-refractivity contribution in [2.45, 2.75) is 0 Å². The van der Waals surface area contributed by atoms with E-state index in [9.17, 15) is 19.8 Å². The first kappa shape index (κ1) is 18.7. The van der Waals surface area contributed by atoms with Crippen molar-refractivity contribution >= 4 is 23.4 Å². The Morgan fingerprint density at radius 3 is 1.42 bits per heavy atom. The van der Waals surface area contributed by atoms with Crippen molar-refractivity contribution in [1.29, 1.82) is 10.8 Å². The summed E-state index contributed by atoms with van der Waals surface area (Å²) >= 11 is 0. The number of hydrogen-bond donors (Lipinski definition) is 4. The van der Waals surface area contributed by atoms with Gasteiger partial charge in [0.05, 0.1) is 0 Å². The molecule has 8 heteroatoms. The van der Waals surface area contributed by atoms with Gasteiger partial charge in [-0.15, -0.1) is 0 Å². The van der Waals surface area contributed by atoms with Crippen molar-refractivity contribution in [2.24, 2.45) is 0 Å². The smallest absolute Gasteiger partial charge is 0.357 e. The van der Waals surface area contributed by atoms with Crippen LogP contribution in [0.3, 0.4) is 0 Å². The summed E-state index contributed by atoms with van der Waals surface area (Å²) in [6.07, 6.45) is 0. The molecule has 134 valence electrons. The highest BCUT2D eigenvalue weighted by molar-refractivity contribution is 6.43. The number of carbonyl (C=O) groups is 2. The van der Waals surface area contributed by atoms with E-state index in [1.54, 1.807) is 24.3 Å². The molecule has 0 saturated heterocycles. The van der Waals surface area contributed by atoms with Crippen LogP contribution in [0.1, 0.15) is 11.1 Å². The van der Waals surface area contributed by atoms with Gasteiger partial charge in [-0.3, -0.25) is 10.8 Å². The number of phenolic OH excluding ortho intramolecular Hbond substituents is 2. The maximum Gasteiger partial charge on any atom is 0.357 e. The molecule has 0 fully saturated rings. The highest BCUT2D eigenvalue weighted by Gasteiger charge is 2.18. The molecule has 8 nitrogen and oxygen atoms in total. The Morgan fingerprint density at radius 1 is 0.731 bits per heavy atom. The van der Waals surface area contributed by atoms with Gasteiger partial charge in [-0.2, -0.15) is 0 Å². The molecule has 0 heterocycles. The van der Waals surface area contributed by atoms with Gasteiger partial charge in [0, 0.05) is 11.1 Å². The number of aromatic hydroxyl groups is 2. The molecule has 0 amide bonds. The van der Waals surface area contributed by atoms with Crippen molar-refractivity contribution in [1.82, 2.24) is 0 Å². The molecule has 0 bridgehead atoms. The van der Waals surface area contributed by atoms with Crippen LogP contribution in [0.2, 0.25) is 0 Å². The molecule has 0 saturated carbocycles. The van der Waals surface area contributed by atoms with E-state index in [-0.39, 0.29) is 35.8 Å². The van der Waals surface area contributed by atoms with Crippen molar-refractivity contribution in [3.8, 4) is 11.5 Å². The third kappa shape index (κ3) is 4.44. The first-order chi connectivity index (χ1) is 12.4. The van der Waals surface area contributed by atoms with Crippen LogP contribution in [-0.4, -0.2) is 46.8 Å². The Bertz CT molecular complexity index is 791. The number of hydrogen-bond acceptors (Lipinski definition) is 8. The molecule has 2 rings (SSSR count). The van der Waals surface area contributed by atoms with E-state index in [1.807, 2.05) is 0 Å². The summed E-state index contributed by atoms with van der Waals surface area (Å²) in [5.41, 5.74) is -1.01. The minimum absolute atomic E-state index is 0.0239. The molecule has 0 unspecified atom stereocenters. The second-order valence-electron chi connectivity index (χ2n) is 5.06. The normalized spacial score (nSPS) is 10.0. The molecule has 0 aliphatic carbocycles. The number of nitrogens with one attached hydrogen (secondary N) is 2. The summed E-state index contributed by atoms with van der Waals surface area (Å²) in [7, 11) is 0. The average Bonchev–Trinajstić information content (AvgIpc) is 2.64. The Labute approximate surface area is 148 Å². The van der Waals surface area contributed by atoms with E-state index >= 15 is 0 Å². The maximum absolute atomic E-state index is 11.8. The fraction of sp³-hybridized carbons (Fsp3) is 0.111. The summed E-state index contributed by atoms with van der Waals surface area (Å²) in [5.74, 6) is -2.43.